The van der Waals surface area contributed by atoms with Gasteiger partial charge >= 0.3 is 8.56 Å². The maximum Gasteiger partial charge on any atom is 0.334 e. The first-order valence-electron chi connectivity index (χ1n) is 4.79. The highest BCUT2D eigenvalue weighted by Crippen LogP contribution is 2.14. The van der Waals surface area contributed by atoms with Crippen molar-refractivity contribution in [3.8, 4) is 0 Å². The van der Waals surface area contributed by atoms with Crippen LogP contribution in [0.5, 0.6) is 0 Å². The highest BCUT2D eigenvalue weighted by Gasteiger charge is 2.27. The van der Waals surface area contributed by atoms with Gasteiger partial charge in [-0.25, -0.2) is 0 Å². The second kappa shape index (κ2) is 6.54. The largest absolute Gasteiger partial charge is 0.398 e. The van der Waals surface area contributed by atoms with Crippen molar-refractivity contribution < 1.29 is 8.85 Å². The van der Waals surface area contributed by atoms with E-state index >= 15 is 0 Å². The average molecular weight is 205 g/mol. The summed E-state index contributed by atoms with van der Waals surface area (Å²) in [5.41, 5.74) is 0. The van der Waals surface area contributed by atoms with Gasteiger partial charge < -0.3 is 13.8 Å². The molecule has 0 N–H and O–H groups in total. The van der Waals surface area contributed by atoms with Crippen LogP contribution in [0.2, 0.25) is 12.6 Å². The Bertz CT molecular complexity index is 127. The summed E-state index contributed by atoms with van der Waals surface area (Å²) in [6.45, 7) is 3.26. The summed E-state index contributed by atoms with van der Waals surface area (Å²) in [5, 5.41) is 0. The molecule has 0 aliphatic carbocycles. The molecule has 3 nitrogen and oxygen atoms in total. The minimum absolute atomic E-state index is 1.09. The van der Waals surface area contributed by atoms with Crippen LogP contribution in [0, 0.1) is 0 Å². The normalized spacial score (nSPS) is 12.5. The second-order valence-corrected chi connectivity index (χ2v) is 7.39. The Morgan fingerprint density at radius 2 is 1.62 bits per heavy atom. The number of hydrogen-bond donors (Lipinski definition) is 0. The van der Waals surface area contributed by atoms with E-state index in [2.05, 4.69) is 25.5 Å². The van der Waals surface area contributed by atoms with E-state index in [1.807, 2.05) is 0 Å². The van der Waals surface area contributed by atoms with Gasteiger partial charge in [-0.05, 0) is 39.7 Å². The van der Waals surface area contributed by atoms with Crippen molar-refractivity contribution >= 4 is 8.56 Å². The van der Waals surface area contributed by atoms with E-state index in [0.29, 0.717) is 0 Å². The Labute approximate surface area is 83.3 Å². The highest BCUT2D eigenvalue weighted by molar-refractivity contribution is 6.65. The fraction of sp³-hybridized carbons (Fsp3) is 1.00. The van der Waals surface area contributed by atoms with Crippen LogP contribution >= 0.6 is 0 Å². The Morgan fingerprint density at radius 3 is 2.00 bits per heavy atom. The van der Waals surface area contributed by atoms with E-state index in [1.165, 1.54) is 12.8 Å². The Hall–Kier alpha value is 0.0969. The van der Waals surface area contributed by atoms with Crippen LogP contribution in [-0.2, 0) is 8.85 Å². The first-order valence-corrected chi connectivity index (χ1v) is 7.31. The maximum absolute atomic E-state index is 5.40. The Kier molecular flexibility index (Phi) is 6.58. The fourth-order valence-corrected chi connectivity index (χ4v) is 2.63. The smallest absolute Gasteiger partial charge is 0.334 e. The molecule has 0 fully saturated rings. The lowest BCUT2D eigenvalue weighted by Gasteiger charge is -2.22. The SMILES string of the molecule is CO[Si](C)(CCCCN(C)C)OC. The van der Waals surface area contributed by atoms with Gasteiger partial charge in [-0.3, -0.25) is 0 Å². The molecule has 0 heterocycles. The topological polar surface area (TPSA) is 21.7 Å². The zero-order valence-corrected chi connectivity index (χ0v) is 10.6. The highest BCUT2D eigenvalue weighted by atomic mass is 28.4. The van der Waals surface area contributed by atoms with Crippen LogP contribution in [0.4, 0.5) is 0 Å². The standard InChI is InChI=1S/C9H23NO2Si/c1-10(2)8-6-7-9-13(5,11-3)12-4/h6-9H2,1-5H3. The zero-order valence-electron chi connectivity index (χ0n) is 9.59. The molecule has 0 unspecified atom stereocenters. The molecule has 13 heavy (non-hydrogen) atoms. The molecule has 0 radical (unpaired) electrons. The van der Waals surface area contributed by atoms with Gasteiger partial charge in [-0.1, -0.05) is 6.42 Å². The molecule has 0 bridgehead atoms. The first-order chi connectivity index (χ1) is 6.04. The van der Waals surface area contributed by atoms with Crippen molar-refractivity contribution in [1.29, 1.82) is 0 Å². The molecule has 0 aliphatic rings. The maximum atomic E-state index is 5.40. The van der Waals surface area contributed by atoms with Gasteiger partial charge in [0, 0.05) is 14.2 Å². The third kappa shape index (κ3) is 6.21. The van der Waals surface area contributed by atoms with Gasteiger partial charge in [-0.15, -0.1) is 0 Å². The third-order valence-electron chi connectivity index (χ3n) is 2.35. The molecule has 0 saturated carbocycles. The molecular weight excluding hydrogens is 182 g/mol. The lowest BCUT2D eigenvalue weighted by atomic mass is 10.3. The molecule has 0 aromatic carbocycles. The van der Waals surface area contributed by atoms with Crippen molar-refractivity contribution in [2.75, 3.05) is 34.9 Å². The van der Waals surface area contributed by atoms with Crippen LogP contribution in [-0.4, -0.2) is 48.3 Å². The average Bonchev–Trinajstić information content (AvgIpc) is 2.12. The summed E-state index contributed by atoms with van der Waals surface area (Å²) in [5.74, 6) is 0. The minimum Gasteiger partial charge on any atom is -0.398 e. The summed E-state index contributed by atoms with van der Waals surface area (Å²) in [7, 11) is 5.92. The van der Waals surface area contributed by atoms with Gasteiger partial charge in [-0.2, -0.15) is 0 Å². The van der Waals surface area contributed by atoms with E-state index in [-0.39, 0.29) is 0 Å². The summed E-state index contributed by atoms with van der Waals surface area (Å²) in [6, 6.07) is 1.09. The van der Waals surface area contributed by atoms with Crippen LogP contribution in [0.3, 0.4) is 0 Å². The first kappa shape index (κ1) is 13.1. The van der Waals surface area contributed by atoms with Crippen molar-refractivity contribution in [3.63, 3.8) is 0 Å². The molecule has 0 amide bonds. The number of rotatable bonds is 7. The van der Waals surface area contributed by atoms with E-state index in [1.54, 1.807) is 14.2 Å². The van der Waals surface area contributed by atoms with Crippen LogP contribution in [0.1, 0.15) is 12.8 Å². The van der Waals surface area contributed by atoms with Gasteiger partial charge in [0.25, 0.3) is 0 Å². The van der Waals surface area contributed by atoms with Crippen molar-refractivity contribution in [2.24, 2.45) is 0 Å². The van der Waals surface area contributed by atoms with E-state index in [9.17, 15) is 0 Å². The Balaban J connectivity index is 3.50. The predicted molar refractivity (Wildman–Crippen MR) is 58.2 cm³/mol. The van der Waals surface area contributed by atoms with Gasteiger partial charge in [0.1, 0.15) is 0 Å². The molecule has 0 spiro atoms. The summed E-state index contributed by atoms with van der Waals surface area (Å²) in [4.78, 5) is 2.21. The lowest BCUT2D eigenvalue weighted by Crippen LogP contribution is -2.35. The summed E-state index contributed by atoms with van der Waals surface area (Å²) in [6.07, 6.45) is 2.42. The van der Waals surface area contributed by atoms with E-state index in [4.69, 9.17) is 8.85 Å². The van der Waals surface area contributed by atoms with Crippen molar-refractivity contribution in [1.82, 2.24) is 4.90 Å². The lowest BCUT2D eigenvalue weighted by molar-refractivity contribution is 0.247. The molecule has 0 rings (SSSR count). The van der Waals surface area contributed by atoms with Gasteiger partial charge in [0.2, 0.25) is 0 Å². The summed E-state index contributed by atoms with van der Waals surface area (Å²) < 4.78 is 10.8. The van der Waals surface area contributed by atoms with Gasteiger partial charge in [0.05, 0.1) is 0 Å². The molecule has 4 heteroatoms. The van der Waals surface area contributed by atoms with Crippen LogP contribution < -0.4 is 0 Å². The van der Waals surface area contributed by atoms with Gasteiger partial charge in [0.15, 0.2) is 0 Å². The Morgan fingerprint density at radius 1 is 1.08 bits per heavy atom. The zero-order chi connectivity index (χ0) is 10.3. The number of unbranched alkanes of at least 4 members (excludes halogenated alkanes) is 1. The van der Waals surface area contributed by atoms with E-state index < -0.39 is 8.56 Å². The quantitative estimate of drug-likeness (QED) is 0.466. The van der Waals surface area contributed by atoms with E-state index in [0.717, 1.165) is 12.6 Å². The number of hydrogen-bond acceptors (Lipinski definition) is 3. The molecular formula is C9H23NO2Si. The van der Waals surface area contributed by atoms with Crippen LogP contribution in [0.15, 0.2) is 0 Å². The molecule has 0 aliphatic heterocycles. The molecule has 80 valence electrons. The molecule has 0 atom stereocenters. The fourth-order valence-electron chi connectivity index (χ4n) is 1.16. The van der Waals surface area contributed by atoms with Crippen molar-refractivity contribution in [2.45, 2.75) is 25.4 Å². The van der Waals surface area contributed by atoms with Crippen molar-refractivity contribution in [3.05, 3.63) is 0 Å². The predicted octanol–water partition coefficient (Wildman–Crippen LogP) is 1.69. The third-order valence-corrected chi connectivity index (χ3v) is 5.34. The second-order valence-electron chi connectivity index (χ2n) is 3.80. The molecule has 0 aromatic heterocycles. The molecule has 0 aromatic rings. The monoisotopic (exact) mass is 205 g/mol. The molecule has 0 saturated heterocycles. The number of nitrogens with zero attached hydrogens (tertiary/aromatic N) is 1. The minimum atomic E-state index is -1.79. The van der Waals surface area contributed by atoms with Crippen LogP contribution in [0.25, 0.3) is 0 Å². The summed E-state index contributed by atoms with van der Waals surface area (Å²) >= 11 is 0.